The van der Waals surface area contributed by atoms with Crippen molar-refractivity contribution in [1.29, 1.82) is 0 Å². The highest BCUT2D eigenvalue weighted by Gasteiger charge is 2.14. The summed E-state index contributed by atoms with van der Waals surface area (Å²) >= 11 is 1.84. The highest BCUT2D eigenvalue weighted by molar-refractivity contribution is 7.99. The van der Waals surface area contributed by atoms with Gasteiger partial charge in [-0.25, -0.2) is 4.98 Å². The molecule has 0 saturated heterocycles. The van der Waals surface area contributed by atoms with Gasteiger partial charge in [-0.3, -0.25) is 0 Å². The van der Waals surface area contributed by atoms with Crippen molar-refractivity contribution in [2.75, 3.05) is 12.3 Å². The molecule has 0 aromatic carbocycles. The summed E-state index contributed by atoms with van der Waals surface area (Å²) in [6, 6.07) is 6.05. The van der Waals surface area contributed by atoms with Crippen molar-refractivity contribution in [3.05, 3.63) is 24.4 Å². The number of thioether (sulfide) groups is 1. The molecule has 1 rings (SSSR count). The fraction of sp³-hybridized carbons (Fsp3) is 0.615. The van der Waals surface area contributed by atoms with Crippen molar-refractivity contribution < 1.29 is 0 Å². The average Bonchev–Trinajstić information content (AvgIpc) is 2.30. The van der Waals surface area contributed by atoms with E-state index in [1.165, 1.54) is 19.3 Å². The molecule has 0 amide bonds. The van der Waals surface area contributed by atoms with Crippen LogP contribution >= 0.6 is 11.8 Å². The molecule has 0 aliphatic heterocycles. The van der Waals surface area contributed by atoms with Gasteiger partial charge in [0.25, 0.3) is 0 Å². The minimum atomic E-state index is 0.301. The lowest BCUT2D eigenvalue weighted by Crippen LogP contribution is -2.23. The van der Waals surface area contributed by atoms with Crippen LogP contribution in [-0.2, 0) is 0 Å². The molecule has 3 heteroatoms. The first-order valence-electron chi connectivity index (χ1n) is 5.88. The van der Waals surface area contributed by atoms with Gasteiger partial charge in [-0.05, 0) is 42.7 Å². The van der Waals surface area contributed by atoms with Crippen LogP contribution in [0.4, 0.5) is 0 Å². The van der Waals surface area contributed by atoms with Crippen LogP contribution in [0.5, 0.6) is 0 Å². The molecule has 2 N–H and O–H groups in total. The van der Waals surface area contributed by atoms with Crippen molar-refractivity contribution >= 4 is 11.8 Å². The SMILES string of the molecule is CC(C)(CN)CCCCSc1ccccn1. The maximum absolute atomic E-state index is 5.70. The molecule has 1 aromatic rings. The third kappa shape index (κ3) is 5.52. The smallest absolute Gasteiger partial charge is 0.0959 e. The molecule has 0 aliphatic rings. The van der Waals surface area contributed by atoms with Crippen molar-refractivity contribution in [3.8, 4) is 0 Å². The van der Waals surface area contributed by atoms with Gasteiger partial charge in [0, 0.05) is 6.20 Å². The molecule has 0 saturated carbocycles. The van der Waals surface area contributed by atoms with E-state index in [4.69, 9.17) is 5.73 Å². The van der Waals surface area contributed by atoms with Crippen molar-refractivity contribution in [3.63, 3.8) is 0 Å². The Labute approximate surface area is 103 Å². The molecule has 2 nitrogen and oxygen atoms in total. The summed E-state index contributed by atoms with van der Waals surface area (Å²) in [5.41, 5.74) is 6.00. The van der Waals surface area contributed by atoms with Gasteiger partial charge in [-0.2, -0.15) is 0 Å². The normalized spacial score (nSPS) is 11.7. The number of pyridine rings is 1. The number of hydrogen-bond acceptors (Lipinski definition) is 3. The lowest BCUT2D eigenvalue weighted by molar-refractivity contribution is 0.336. The Balaban J connectivity index is 2.09. The number of unbranched alkanes of at least 4 members (excludes halogenated alkanes) is 1. The van der Waals surface area contributed by atoms with Crippen LogP contribution in [0.15, 0.2) is 29.4 Å². The van der Waals surface area contributed by atoms with E-state index in [0.717, 1.165) is 17.3 Å². The summed E-state index contributed by atoms with van der Waals surface area (Å²) in [6.07, 6.45) is 5.56. The quantitative estimate of drug-likeness (QED) is 0.585. The zero-order valence-electron chi connectivity index (χ0n) is 10.3. The molecule has 0 atom stereocenters. The standard InChI is InChI=1S/C13H22N2S/c1-13(2,11-14)8-4-6-10-16-12-7-3-5-9-15-12/h3,5,7,9H,4,6,8,10-11,14H2,1-2H3. The van der Waals surface area contributed by atoms with Crippen molar-refractivity contribution in [2.24, 2.45) is 11.1 Å². The van der Waals surface area contributed by atoms with Gasteiger partial charge in [-0.1, -0.05) is 26.3 Å². The maximum Gasteiger partial charge on any atom is 0.0959 e. The molecule has 0 radical (unpaired) electrons. The Morgan fingerprint density at radius 3 is 2.75 bits per heavy atom. The third-order valence-corrected chi connectivity index (χ3v) is 3.72. The summed E-state index contributed by atoms with van der Waals surface area (Å²) in [6.45, 7) is 5.25. The molecular formula is C13H22N2S. The highest BCUT2D eigenvalue weighted by Crippen LogP contribution is 2.23. The first kappa shape index (κ1) is 13.5. The summed E-state index contributed by atoms with van der Waals surface area (Å²) in [4.78, 5) is 4.28. The molecule has 0 aliphatic carbocycles. The third-order valence-electron chi connectivity index (χ3n) is 2.69. The van der Waals surface area contributed by atoms with E-state index in [1.54, 1.807) is 0 Å². The van der Waals surface area contributed by atoms with Crippen LogP contribution in [0.1, 0.15) is 33.1 Å². The van der Waals surface area contributed by atoms with Gasteiger partial charge < -0.3 is 5.73 Å². The largest absolute Gasteiger partial charge is 0.330 e. The number of rotatable bonds is 7. The lowest BCUT2D eigenvalue weighted by Gasteiger charge is -2.21. The second kappa shape index (κ2) is 6.92. The monoisotopic (exact) mass is 238 g/mol. The van der Waals surface area contributed by atoms with E-state index in [2.05, 4.69) is 24.9 Å². The second-order valence-electron chi connectivity index (χ2n) is 4.84. The minimum Gasteiger partial charge on any atom is -0.330 e. The van der Waals surface area contributed by atoms with Crippen LogP contribution in [0.2, 0.25) is 0 Å². The van der Waals surface area contributed by atoms with Gasteiger partial charge >= 0.3 is 0 Å². The average molecular weight is 238 g/mol. The van der Waals surface area contributed by atoms with E-state index in [-0.39, 0.29) is 0 Å². The van der Waals surface area contributed by atoms with Crippen LogP contribution in [0.3, 0.4) is 0 Å². The van der Waals surface area contributed by atoms with Crippen LogP contribution in [0, 0.1) is 5.41 Å². The second-order valence-corrected chi connectivity index (χ2v) is 5.96. The van der Waals surface area contributed by atoms with E-state index in [0.29, 0.717) is 5.41 Å². The fourth-order valence-corrected chi connectivity index (χ4v) is 2.28. The van der Waals surface area contributed by atoms with Crippen LogP contribution < -0.4 is 5.73 Å². The molecule has 90 valence electrons. The number of nitrogens with two attached hydrogens (primary N) is 1. The molecule has 1 aromatic heterocycles. The molecule has 1 heterocycles. The molecule has 0 unspecified atom stereocenters. The van der Waals surface area contributed by atoms with Crippen molar-refractivity contribution in [2.45, 2.75) is 38.1 Å². The zero-order chi connectivity index (χ0) is 11.9. The van der Waals surface area contributed by atoms with Gasteiger partial charge in [0.2, 0.25) is 0 Å². The highest BCUT2D eigenvalue weighted by atomic mass is 32.2. The Morgan fingerprint density at radius 1 is 1.31 bits per heavy atom. The molecule has 0 spiro atoms. The van der Waals surface area contributed by atoms with Gasteiger partial charge in [0.05, 0.1) is 5.03 Å². The molecule has 0 fully saturated rings. The summed E-state index contributed by atoms with van der Waals surface area (Å²) in [5.74, 6) is 1.15. The maximum atomic E-state index is 5.70. The predicted molar refractivity (Wildman–Crippen MR) is 71.6 cm³/mol. The summed E-state index contributed by atoms with van der Waals surface area (Å²) in [5, 5.41) is 1.13. The van der Waals surface area contributed by atoms with E-state index in [9.17, 15) is 0 Å². The van der Waals surface area contributed by atoms with E-state index < -0.39 is 0 Å². The van der Waals surface area contributed by atoms with E-state index >= 15 is 0 Å². The van der Waals surface area contributed by atoms with Gasteiger partial charge in [-0.15, -0.1) is 11.8 Å². The molecule has 16 heavy (non-hydrogen) atoms. The Morgan fingerprint density at radius 2 is 2.12 bits per heavy atom. The summed E-state index contributed by atoms with van der Waals surface area (Å²) in [7, 11) is 0. The zero-order valence-corrected chi connectivity index (χ0v) is 11.1. The summed E-state index contributed by atoms with van der Waals surface area (Å²) < 4.78 is 0. The number of nitrogens with zero attached hydrogens (tertiary/aromatic N) is 1. The first-order chi connectivity index (χ1) is 7.64. The van der Waals surface area contributed by atoms with Crippen LogP contribution in [-0.4, -0.2) is 17.3 Å². The fourth-order valence-electron chi connectivity index (χ4n) is 1.42. The van der Waals surface area contributed by atoms with Crippen molar-refractivity contribution in [1.82, 2.24) is 4.98 Å². The molecule has 0 bridgehead atoms. The Bertz CT molecular complexity index is 285. The lowest BCUT2D eigenvalue weighted by atomic mass is 9.88. The predicted octanol–water partition coefficient (Wildman–Crippen LogP) is 3.33. The topological polar surface area (TPSA) is 38.9 Å². The number of hydrogen-bond donors (Lipinski definition) is 1. The van der Waals surface area contributed by atoms with Gasteiger partial charge in [0.1, 0.15) is 0 Å². The minimum absolute atomic E-state index is 0.301. The van der Waals surface area contributed by atoms with Gasteiger partial charge in [0.15, 0.2) is 0 Å². The van der Waals surface area contributed by atoms with E-state index in [1.807, 2.05) is 30.1 Å². The number of aromatic nitrogens is 1. The molecular weight excluding hydrogens is 216 g/mol. The van der Waals surface area contributed by atoms with Crippen LogP contribution in [0.25, 0.3) is 0 Å². The Kier molecular flexibility index (Phi) is 5.85. The first-order valence-corrected chi connectivity index (χ1v) is 6.86. The Hall–Kier alpha value is -0.540.